The van der Waals surface area contributed by atoms with Gasteiger partial charge in [0, 0.05) is 13.0 Å². The van der Waals surface area contributed by atoms with Gasteiger partial charge in [0.05, 0.1) is 5.56 Å². The summed E-state index contributed by atoms with van der Waals surface area (Å²) in [4.78, 5) is 24.1. The van der Waals surface area contributed by atoms with Gasteiger partial charge in [-0.05, 0) is 23.8 Å². The molecule has 3 rings (SSSR count). The zero-order chi connectivity index (χ0) is 17.6. The number of benzene rings is 2. The molecule has 0 aliphatic carbocycles. The topological polar surface area (TPSA) is 84.9 Å². The number of cyclic esters (lactones) is 1. The van der Waals surface area contributed by atoms with E-state index >= 15 is 0 Å². The van der Waals surface area contributed by atoms with Crippen LogP contribution in [-0.2, 0) is 16.0 Å². The summed E-state index contributed by atoms with van der Waals surface area (Å²) in [5.41, 5.74) is 1.27. The molecule has 2 unspecified atom stereocenters. The van der Waals surface area contributed by atoms with Crippen molar-refractivity contribution in [2.24, 2.45) is 0 Å². The third-order valence-electron chi connectivity index (χ3n) is 3.88. The van der Waals surface area contributed by atoms with Gasteiger partial charge in [-0.3, -0.25) is 4.79 Å². The van der Waals surface area contributed by atoms with Crippen LogP contribution >= 0.6 is 0 Å². The Labute approximate surface area is 145 Å². The van der Waals surface area contributed by atoms with Gasteiger partial charge in [0.25, 0.3) is 5.91 Å². The number of amides is 1. The van der Waals surface area contributed by atoms with Crippen molar-refractivity contribution in [2.75, 3.05) is 13.2 Å². The Morgan fingerprint density at radius 1 is 1.20 bits per heavy atom. The summed E-state index contributed by atoms with van der Waals surface area (Å²) in [6, 6.07) is 16.1. The molecule has 1 aliphatic rings. The fourth-order valence-electron chi connectivity index (χ4n) is 2.58. The van der Waals surface area contributed by atoms with Gasteiger partial charge in [-0.15, -0.1) is 0 Å². The van der Waals surface area contributed by atoms with Gasteiger partial charge < -0.3 is 19.9 Å². The van der Waals surface area contributed by atoms with Gasteiger partial charge in [0.2, 0.25) is 0 Å². The zero-order valence-electron chi connectivity index (χ0n) is 13.6. The van der Waals surface area contributed by atoms with Crippen molar-refractivity contribution in [1.82, 2.24) is 5.32 Å². The molecule has 1 aliphatic heterocycles. The van der Waals surface area contributed by atoms with Crippen LogP contribution in [0.2, 0.25) is 0 Å². The summed E-state index contributed by atoms with van der Waals surface area (Å²) in [5, 5.41) is 12.5. The Hall–Kier alpha value is -2.86. The maximum absolute atomic E-state index is 12.2. The first-order valence-electron chi connectivity index (χ1n) is 8.06. The van der Waals surface area contributed by atoms with E-state index in [1.54, 1.807) is 30.3 Å². The second kappa shape index (κ2) is 7.81. The first kappa shape index (κ1) is 17.0. The molecule has 130 valence electrons. The molecule has 1 amide bonds. The molecule has 25 heavy (non-hydrogen) atoms. The van der Waals surface area contributed by atoms with Crippen LogP contribution in [0, 0.1) is 0 Å². The predicted molar refractivity (Wildman–Crippen MR) is 90.3 cm³/mol. The molecule has 0 fully saturated rings. The highest BCUT2D eigenvalue weighted by Crippen LogP contribution is 2.20. The van der Waals surface area contributed by atoms with E-state index < -0.39 is 24.1 Å². The highest BCUT2D eigenvalue weighted by Gasteiger charge is 2.31. The molecule has 0 aromatic heterocycles. The van der Waals surface area contributed by atoms with Crippen LogP contribution in [0.1, 0.15) is 15.9 Å². The third-order valence-corrected chi connectivity index (χ3v) is 3.88. The van der Waals surface area contributed by atoms with E-state index in [4.69, 9.17) is 9.47 Å². The summed E-state index contributed by atoms with van der Waals surface area (Å²) in [6.07, 6.45) is -1.43. The maximum Gasteiger partial charge on any atom is 0.339 e. The second-order valence-corrected chi connectivity index (χ2v) is 5.78. The number of carbonyl (C=O) groups excluding carboxylic acids is 2. The minimum atomic E-state index is -0.885. The number of hydrogen-bond acceptors (Lipinski definition) is 5. The molecule has 0 spiro atoms. The van der Waals surface area contributed by atoms with Crippen LogP contribution in [-0.4, -0.2) is 42.3 Å². The summed E-state index contributed by atoms with van der Waals surface area (Å²) in [6.45, 7) is 0.0684. The normalized spacial score (nSPS) is 17.2. The molecule has 2 N–H and O–H groups in total. The summed E-state index contributed by atoms with van der Waals surface area (Å²) in [5.74, 6) is -0.290. The second-order valence-electron chi connectivity index (χ2n) is 5.78. The number of esters is 1. The van der Waals surface area contributed by atoms with Crippen LogP contribution in [0.25, 0.3) is 0 Å². The minimum absolute atomic E-state index is 0.0152. The van der Waals surface area contributed by atoms with Crippen molar-refractivity contribution in [3.05, 3.63) is 65.7 Å². The lowest BCUT2D eigenvalue weighted by atomic mass is 9.98. The fraction of sp³-hybridized carbons (Fsp3) is 0.263. The number of carbonyl (C=O) groups is 2. The molecule has 6 heteroatoms. The van der Waals surface area contributed by atoms with E-state index in [1.807, 2.05) is 24.3 Å². The van der Waals surface area contributed by atoms with Crippen molar-refractivity contribution in [1.29, 1.82) is 0 Å². The van der Waals surface area contributed by atoms with Crippen LogP contribution in [0.4, 0.5) is 0 Å². The number of rotatable bonds is 6. The highest BCUT2D eigenvalue weighted by atomic mass is 16.5. The number of hydrogen-bond donors (Lipinski definition) is 2. The van der Waals surface area contributed by atoms with Gasteiger partial charge in [0.1, 0.15) is 18.5 Å². The molecule has 0 saturated carbocycles. The SMILES string of the molecule is O=C1OC(C(=O)NCC(O)COc2ccccc2)Cc2ccccc21. The minimum Gasteiger partial charge on any atom is -0.491 e. The lowest BCUT2D eigenvalue weighted by Gasteiger charge is -2.24. The first-order valence-corrected chi connectivity index (χ1v) is 8.06. The predicted octanol–water partition coefficient (Wildman–Crippen LogP) is 1.32. The Balaban J connectivity index is 1.47. The maximum atomic E-state index is 12.2. The number of fused-ring (bicyclic) bond motifs is 1. The average Bonchev–Trinajstić information content (AvgIpc) is 2.65. The van der Waals surface area contributed by atoms with Crippen LogP contribution in [0.15, 0.2) is 54.6 Å². The standard InChI is InChI=1S/C19H19NO5/c21-14(12-24-15-7-2-1-3-8-15)11-20-18(22)17-10-13-6-4-5-9-16(13)19(23)25-17/h1-9,14,17,21H,10-12H2,(H,20,22). The van der Waals surface area contributed by atoms with Crippen molar-refractivity contribution >= 4 is 11.9 Å². The van der Waals surface area contributed by atoms with E-state index in [-0.39, 0.29) is 13.2 Å². The van der Waals surface area contributed by atoms with Crippen LogP contribution in [0.5, 0.6) is 5.75 Å². The summed E-state index contributed by atoms with van der Waals surface area (Å²) < 4.78 is 10.6. The van der Waals surface area contributed by atoms with Crippen molar-refractivity contribution in [3.63, 3.8) is 0 Å². The van der Waals surface area contributed by atoms with E-state index in [9.17, 15) is 14.7 Å². The smallest absolute Gasteiger partial charge is 0.339 e. The molecule has 0 radical (unpaired) electrons. The fourth-order valence-corrected chi connectivity index (χ4v) is 2.58. The average molecular weight is 341 g/mol. The zero-order valence-corrected chi connectivity index (χ0v) is 13.6. The Kier molecular flexibility index (Phi) is 5.30. The van der Waals surface area contributed by atoms with Crippen molar-refractivity contribution in [3.8, 4) is 5.75 Å². The quantitative estimate of drug-likeness (QED) is 0.774. The molecule has 2 aromatic carbocycles. The molecule has 6 nitrogen and oxygen atoms in total. The molecule has 0 bridgehead atoms. The number of nitrogens with one attached hydrogen (secondary N) is 1. The van der Waals surface area contributed by atoms with Gasteiger partial charge in [-0.25, -0.2) is 4.79 Å². The van der Waals surface area contributed by atoms with E-state index in [1.165, 1.54) is 0 Å². The molecule has 1 heterocycles. The van der Waals surface area contributed by atoms with Gasteiger partial charge in [0.15, 0.2) is 6.10 Å². The van der Waals surface area contributed by atoms with E-state index in [0.717, 1.165) is 5.56 Å². The molecule has 2 aromatic rings. The van der Waals surface area contributed by atoms with E-state index in [2.05, 4.69) is 5.32 Å². The van der Waals surface area contributed by atoms with Gasteiger partial charge >= 0.3 is 5.97 Å². The van der Waals surface area contributed by atoms with Gasteiger partial charge in [-0.2, -0.15) is 0 Å². The van der Waals surface area contributed by atoms with Gasteiger partial charge in [-0.1, -0.05) is 36.4 Å². The summed E-state index contributed by atoms with van der Waals surface area (Å²) >= 11 is 0. The van der Waals surface area contributed by atoms with E-state index in [0.29, 0.717) is 17.7 Å². The van der Waals surface area contributed by atoms with Crippen molar-refractivity contribution in [2.45, 2.75) is 18.6 Å². The Morgan fingerprint density at radius 3 is 2.72 bits per heavy atom. The molecular weight excluding hydrogens is 322 g/mol. The monoisotopic (exact) mass is 341 g/mol. The Morgan fingerprint density at radius 2 is 1.92 bits per heavy atom. The highest BCUT2D eigenvalue weighted by molar-refractivity contribution is 5.95. The summed E-state index contributed by atoms with van der Waals surface area (Å²) in [7, 11) is 0. The largest absolute Gasteiger partial charge is 0.491 e. The number of aliphatic hydroxyl groups excluding tert-OH is 1. The molecule has 0 saturated heterocycles. The number of aliphatic hydroxyl groups is 1. The number of ether oxygens (including phenoxy) is 2. The van der Waals surface area contributed by atoms with Crippen molar-refractivity contribution < 1.29 is 24.2 Å². The van der Waals surface area contributed by atoms with Crippen LogP contribution in [0.3, 0.4) is 0 Å². The molecular formula is C19H19NO5. The lowest BCUT2D eigenvalue weighted by molar-refractivity contribution is -0.130. The van der Waals surface area contributed by atoms with Crippen LogP contribution < -0.4 is 10.1 Å². The Bertz CT molecular complexity index is 746. The lowest BCUT2D eigenvalue weighted by Crippen LogP contribution is -2.45. The number of para-hydroxylation sites is 1. The third kappa shape index (κ3) is 4.36. The molecule has 2 atom stereocenters. The first-order chi connectivity index (χ1) is 12.1.